The highest BCUT2D eigenvalue weighted by Crippen LogP contribution is 2.23. The van der Waals surface area contributed by atoms with Gasteiger partial charge in [-0.1, -0.05) is 12.1 Å². The zero-order chi connectivity index (χ0) is 17.6. The van der Waals surface area contributed by atoms with Gasteiger partial charge in [0, 0.05) is 19.5 Å². The summed E-state index contributed by atoms with van der Waals surface area (Å²) in [6.07, 6.45) is -1.12. The van der Waals surface area contributed by atoms with Crippen molar-refractivity contribution in [2.24, 2.45) is 0 Å². The number of amides is 1. The quantitative estimate of drug-likeness (QED) is 0.842. The highest BCUT2D eigenvalue weighted by molar-refractivity contribution is 5.67. The third-order valence-corrected chi connectivity index (χ3v) is 3.31. The van der Waals surface area contributed by atoms with Crippen LogP contribution in [-0.2, 0) is 4.74 Å². The SMILES string of the molecule is CN(CC(CC(O)CO)c1ccc(F)cc1)C(=O)OC(C)(C)C. The topological polar surface area (TPSA) is 70.0 Å². The molecule has 0 saturated heterocycles. The lowest BCUT2D eigenvalue weighted by Gasteiger charge is -2.28. The Bertz CT molecular complexity index is 498. The van der Waals surface area contributed by atoms with E-state index in [9.17, 15) is 14.3 Å². The first-order chi connectivity index (χ1) is 10.6. The Labute approximate surface area is 136 Å². The van der Waals surface area contributed by atoms with Crippen molar-refractivity contribution in [3.63, 3.8) is 0 Å². The van der Waals surface area contributed by atoms with Crippen LogP contribution in [0.4, 0.5) is 9.18 Å². The molecule has 2 unspecified atom stereocenters. The van der Waals surface area contributed by atoms with E-state index in [1.54, 1.807) is 40.0 Å². The molecule has 0 aromatic heterocycles. The lowest BCUT2D eigenvalue weighted by molar-refractivity contribution is 0.0265. The number of rotatable bonds is 6. The van der Waals surface area contributed by atoms with Crippen LogP contribution >= 0.6 is 0 Å². The predicted octanol–water partition coefficient (Wildman–Crippen LogP) is 2.52. The first-order valence-corrected chi connectivity index (χ1v) is 7.61. The number of hydrogen-bond donors (Lipinski definition) is 2. The van der Waals surface area contributed by atoms with Gasteiger partial charge < -0.3 is 19.8 Å². The number of ether oxygens (including phenoxy) is 1. The fourth-order valence-corrected chi connectivity index (χ4v) is 2.20. The molecule has 0 bridgehead atoms. The molecule has 0 saturated carbocycles. The van der Waals surface area contributed by atoms with Gasteiger partial charge in [-0.25, -0.2) is 9.18 Å². The highest BCUT2D eigenvalue weighted by Gasteiger charge is 2.24. The Balaban J connectivity index is 2.84. The summed E-state index contributed by atoms with van der Waals surface area (Å²) in [6.45, 7) is 5.27. The summed E-state index contributed by atoms with van der Waals surface area (Å²) in [5.41, 5.74) is 0.190. The van der Waals surface area contributed by atoms with E-state index in [1.165, 1.54) is 17.0 Å². The lowest BCUT2D eigenvalue weighted by Crippen LogP contribution is -2.37. The second-order valence-corrected chi connectivity index (χ2v) is 6.68. The molecule has 1 amide bonds. The second-order valence-electron chi connectivity index (χ2n) is 6.68. The van der Waals surface area contributed by atoms with Crippen LogP contribution in [0.1, 0.15) is 38.7 Å². The minimum Gasteiger partial charge on any atom is -0.444 e. The van der Waals surface area contributed by atoms with Gasteiger partial charge in [-0.05, 0) is 44.9 Å². The standard InChI is InChI=1S/C17H26FNO4/c1-17(2,3)23-16(22)19(4)10-13(9-15(21)11-20)12-5-7-14(18)8-6-12/h5-8,13,15,20-21H,9-11H2,1-4H3. The number of benzene rings is 1. The number of hydrogen-bond acceptors (Lipinski definition) is 4. The van der Waals surface area contributed by atoms with Crippen LogP contribution in [0.3, 0.4) is 0 Å². The first kappa shape index (κ1) is 19.4. The molecule has 0 radical (unpaired) electrons. The van der Waals surface area contributed by atoms with Crippen molar-refractivity contribution in [3.05, 3.63) is 35.6 Å². The molecule has 1 rings (SSSR count). The Kier molecular flexibility index (Phi) is 6.97. The number of carbonyl (C=O) groups excluding carboxylic acids is 1. The van der Waals surface area contributed by atoms with Gasteiger partial charge >= 0.3 is 6.09 Å². The zero-order valence-electron chi connectivity index (χ0n) is 14.1. The van der Waals surface area contributed by atoms with E-state index in [4.69, 9.17) is 9.84 Å². The van der Waals surface area contributed by atoms with E-state index in [0.29, 0.717) is 0 Å². The molecule has 2 N–H and O–H groups in total. The van der Waals surface area contributed by atoms with Crippen molar-refractivity contribution in [2.45, 2.75) is 44.8 Å². The van der Waals surface area contributed by atoms with Gasteiger partial charge in [-0.15, -0.1) is 0 Å². The summed E-state index contributed by atoms with van der Waals surface area (Å²) in [5, 5.41) is 18.8. The van der Waals surface area contributed by atoms with Crippen LogP contribution in [0.25, 0.3) is 0 Å². The summed E-state index contributed by atoms with van der Waals surface area (Å²) in [7, 11) is 1.61. The van der Waals surface area contributed by atoms with E-state index in [-0.39, 0.29) is 31.3 Å². The fraction of sp³-hybridized carbons (Fsp3) is 0.588. The zero-order valence-corrected chi connectivity index (χ0v) is 14.1. The average molecular weight is 327 g/mol. The monoisotopic (exact) mass is 327 g/mol. The van der Waals surface area contributed by atoms with Crippen molar-refractivity contribution < 1.29 is 24.1 Å². The van der Waals surface area contributed by atoms with Crippen molar-refractivity contribution in [2.75, 3.05) is 20.2 Å². The van der Waals surface area contributed by atoms with Crippen LogP contribution in [0.2, 0.25) is 0 Å². The number of nitrogens with zero attached hydrogens (tertiary/aromatic N) is 1. The fourth-order valence-electron chi connectivity index (χ4n) is 2.20. The lowest BCUT2D eigenvalue weighted by atomic mass is 9.92. The molecule has 0 aliphatic carbocycles. The van der Waals surface area contributed by atoms with E-state index in [0.717, 1.165) is 5.56 Å². The molecular weight excluding hydrogens is 301 g/mol. The summed E-state index contributed by atoms with van der Waals surface area (Å²) in [6, 6.07) is 5.91. The molecule has 130 valence electrons. The van der Waals surface area contributed by atoms with Gasteiger partial charge in [-0.3, -0.25) is 0 Å². The average Bonchev–Trinajstić information content (AvgIpc) is 2.45. The van der Waals surface area contributed by atoms with E-state index in [2.05, 4.69) is 0 Å². The molecule has 0 heterocycles. The summed E-state index contributed by atoms with van der Waals surface area (Å²) >= 11 is 0. The molecule has 5 nitrogen and oxygen atoms in total. The number of aliphatic hydroxyl groups excluding tert-OH is 2. The third-order valence-electron chi connectivity index (χ3n) is 3.31. The molecule has 2 atom stereocenters. The summed E-state index contributed by atoms with van der Waals surface area (Å²) in [5.74, 6) is -0.592. The Morgan fingerprint density at radius 1 is 1.30 bits per heavy atom. The van der Waals surface area contributed by atoms with E-state index < -0.39 is 17.8 Å². The minimum atomic E-state index is -0.905. The molecule has 0 spiro atoms. The van der Waals surface area contributed by atoms with Crippen LogP contribution in [-0.4, -0.2) is 53.1 Å². The number of aliphatic hydroxyl groups is 2. The molecule has 0 aliphatic rings. The van der Waals surface area contributed by atoms with E-state index >= 15 is 0 Å². The smallest absolute Gasteiger partial charge is 0.410 e. The van der Waals surface area contributed by atoms with Gasteiger partial charge in [0.15, 0.2) is 0 Å². The molecule has 0 aliphatic heterocycles. The van der Waals surface area contributed by atoms with Crippen molar-refractivity contribution >= 4 is 6.09 Å². The van der Waals surface area contributed by atoms with Gasteiger partial charge in [0.2, 0.25) is 0 Å². The second kappa shape index (κ2) is 8.26. The van der Waals surface area contributed by atoms with Gasteiger partial charge in [0.1, 0.15) is 11.4 Å². The molecule has 6 heteroatoms. The largest absolute Gasteiger partial charge is 0.444 e. The van der Waals surface area contributed by atoms with Crippen molar-refractivity contribution in [3.8, 4) is 0 Å². The molecule has 23 heavy (non-hydrogen) atoms. The maximum atomic E-state index is 13.1. The van der Waals surface area contributed by atoms with Crippen LogP contribution in [0, 0.1) is 5.82 Å². The van der Waals surface area contributed by atoms with Crippen LogP contribution in [0.15, 0.2) is 24.3 Å². The number of carbonyl (C=O) groups is 1. The maximum absolute atomic E-state index is 13.1. The molecule has 1 aromatic carbocycles. The van der Waals surface area contributed by atoms with Crippen molar-refractivity contribution in [1.29, 1.82) is 0 Å². The molecular formula is C17H26FNO4. The highest BCUT2D eigenvalue weighted by atomic mass is 19.1. The summed E-state index contributed by atoms with van der Waals surface area (Å²) in [4.78, 5) is 13.5. The minimum absolute atomic E-state index is 0.240. The Hall–Kier alpha value is -1.66. The Morgan fingerprint density at radius 3 is 2.35 bits per heavy atom. The van der Waals surface area contributed by atoms with Gasteiger partial charge in [0.05, 0.1) is 12.7 Å². The number of likely N-dealkylation sites (N-methyl/N-ethyl adjacent to an activating group) is 1. The maximum Gasteiger partial charge on any atom is 0.410 e. The van der Waals surface area contributed by atoms with E-state index in [1.807, 2.05) is 0 Å². The van der Waals surface area contributed by atoms with Gasteiger partial charge in [-0.2, -0.15) is 0 Å². The first-order valence-electron chi connectivity index (χ1n) is 7.61. The van der Waals surface area contributed by atoms with Crippen molar-refractivity contribution in [1.82, 2.24) is 4.90 Å². The predicted molar refractivity (Wildman–Crippen MR) is 85.7 cm³/mol. The normalized spacial score (nSPS) is 14.2. The van der Waals surface area contributed by atoms with Crippen LogP contribution in [0.5, 0.6) is 0 Å². The molecule has 0 fully saturated rings. The Morgan fingerprint density at radius 2 is 1.87 bits per heavy atom. The van der Waals surface area contributed by atoms with Crippen LogP contribution < -0.4 is 0 Å². The summed E-state index contributed by atoms with van der Waals surface area (Å²) < 4.78 is 18.4. The molecule has 1 aromatic rings. The number of halogens is 1. The van der Waals surface area contributed by atoms with Gasteiger partial charge in [0.25, 0.3) is 0 Å². The third kappa shape index (κ3) is 6.97.